The van der Waals surface area contributed by atoms with Crippen molar-refractivity contribution < 1.29 is 4.74 Å². The van der Waals surface area contributed by atoms with E-state index in [1.807, 2.05) is 6.07 Å². The maximum Gasteiger partial charge on any atom is 0.133 e. The Bertz CT molecular complexity index is 389. The number of anilines is 1. The maximum absolute atomic E-state index is 5.26. The third-order valence-corrected chi connectivity index (χ3v) is 4.11. The Labute approximate surface area is 118 Å². The van der Waals surface area contributed by atoms with Gasteiger partial charge in [-0.2, -0.15) is 0 Å². The van der Waals surface area contributed by atoms with Crippen LogP contribution in [-0.4, -0.2) is 32.8 Å². The molecule has 1 saturated heterocycles. The number of halogens is 1. The minimum Gasteiger partial charge on any atom is -0.496 e. The fourth-order valence-corrected chi connectivity index (χ4v) is 3.01. The van der Waals surface area contributed by atoms with Gasteiger partial charge in [0.15, 0.2) is 0 Å². The Morgan fingerprint density at radius 2 is 2.11 bits per heavy atom. The van der Waals surface area contributed by atoms with Gasteiger partial charge in [0.2, 0.25) is 0 Å². The van der Waals surface area contributed by atoms with Crippen LogP contribution in [0.4, 0.5) is 5.69 Å². The molecule has 1 heterocycles. The maximum atomic E-state index is 5.26. The minimum absolute atomic E-state index is 0.688. The number of benzene rings is 1. The zero-order valence-corrected chi connectivity index (χ0v) is 12.7. The second-order valence-electron chi connectivity index (χ2n) is 4.64. The van der Waals surface area contributed by atoms with E-state index in [9.17, 15) is 0 Å². The number of nitrogens with zero attached hydrogens (tertiary/aromatic N) is 1. The van der Waals surface area contributed by atoms with Gasteiger partial charge >= 0.3 is 0 Å². The molecule has 0 amide bonds. The van der Waals surface area contributed by atoms with E-state index in [1.54, 1.807) is 7.11 Å². The molecule has 2 rings (SSSR count). The number of hydrogen-bond acceptors (Lipinski definition) is 3. The van der Waals surface area contributed by atoms with Gasteiger partial charge in [-0.1, -0.05) is 6.92 Å². The lowest BCUT2D eigenvalue weighted by Gasteiger charge is -2.34. The molecule has 1 aromatic carbocycles. The summed E-state index contributed by atoms with van der Waals surface area (Å²) in [6.07, 6.45) is 2.44. The molecule has 1 aliphatic heterocycles. The first-order valence-corrected chi connectivity index (χ1v) is 7.35. The highest BCUT2D eigenvalue weighted by atomic mass is 79.9. The molecule has 1 N–H and O–H groups in total. The molecule has 1 aromatic rings. The first-order chi connectivity index (χ1) is 8.74. The van der Waals surface area contributed by atoms with E-state index < -0.39 is 0 Å². The summed E-state index contributed by atoms with van der Waals surface area (Å²) in [5.41, 5.74) is 1.28. The van der Waals surface area contributed by atoms with Gasteiger partial charge in [-0.25, -0.2) is 0 Å². The first kappa shape index (κ1) is 13.7. The van der Waals surface area contributed by atoms with Crippen LogP contribution < -0.4 is 15.0 Å². The third-order valence-electron chi connectivity index (χ3n) is 3.49. The molecule has 3 nitrogen and oxygen atoms in total. The van der Waals surface area contributed by atoms with Crippen molar-refractivity contribution in [2.45, 2.75) is 25.8 Å². The Morgan fingerprint density at radius 1 is 1.39 bits per heavy atom. The second kappa shape index (κ2) is 6.43. The van der Waals surface area contributed by atoms with E-state index in [-0.39, 0.29) is 0 Å². The summed E-state index contributed by atoms with van der Waals surface area (Å²) in [4.78, 5) is 2.44. The Kier molecular flexibility index (Phi) is 4.89. The predicted molar refractivity (Wildman–Crippen MR) is 79.6 cm³/mol. The highest BCUT2D eigenvalue weighted by molar-refractivity contribution is 9.10. The van der Waals surface area contributed by atoms with Crippen LogP contribution in [0.25, 0.3) is 0 Å². The molecule has 0 bridgehead atoms. The molecule has 0 unspecified atom stereocenters. The Morgan fingerprint density at radius 3 is 2.67 bits per heavy atom. The van der Waals surface area contributed by atoms with E-state index >= 15 is 0 Å². The lowest BCUT2D eigenvalue weighted by atomic mass is 10.0. The van der Waals surface area contributed by atoms with Crippen LogP contribution in [0.5, 0.6) is 5.75 Å². The van der Waals surface area contributed by atoms with Crippen molar-refractivity contribution >= 4 is 21.6 Å². The molecule has 0 saturated carbocycles. The summed E-state index contributed by atoms with van der Waals surface area (Å²) in [7, 11) is 1.70. The van der Waals surface area contributed by atoms with Crippen LogP contribution in [0, 0.1) is 0 Å². The van der Waals surface area contributed by atoms with E-state index in [2.05, 4.69) is 45.2 Å². The summed E-state index contributed by atoms with van der Waals surface area (Å²) in [6, 6.07) is 6.99. The van der Waals surface area contributed by atoms with Gasteiger partial charge in [0.1, 0.15) is 5.75 Å². The average Bonchev–Trinajstić information content (AvgIpc) is 2.40. The first-order valence-electron chi connectivity index (χ1n) is 6.56. The van der Waals surface area contributed by atoms with Gasteiger partial charge in [0.05, 0.1) is 11.6 Å². The Hall–Kier alpha value is -0.740. The van der Waals surface area contributed by atoms with Crippen molar-refractivity contribution in [1.82, 2.24) is 5.32 Å². The standard InChI is InChI=1S/C14H21BrN2O/c1-3-16-11-6-8-17(9-7-11)12-4-5-14(18-2)13(15)10-12/h4-5,10-11,16H,3,6-9H2,1-2H3. The van der Waals surface area contributed by atoms with Crippen molar-refractivity contribution in [2.24, 2.45) is 0 Å². The van der Waals surface area contributed by atoms with Gasteiger partial charge in [-0.3, -0.25) is 0 Å². The van der Waals surface area contributed by atoms with E-state index in [0.29, 0.717) is 6.04 Å². The molecule has 4 heteroatoms. The van der Waals surface area contributed by atoms with Gasteiger partial charge in [0, 0.05) is 24.8 Å². The smallest absolute Gasteiger partial charge is 0.133 e. The molecule has 1 aliphatic rings. The largest absolute Gasteiger partial charge is 0.496 e. The zero-order valence-electron chi connectivity index (χ0n) is 11.1. The summed E-state index contributed by atoms with van der Waals surface area (Å²) >= 11 is 3.55. The molecule has 0 spiro atoms. The lowest BCUT2D eigenvalue weighted by Crippen LogP contribution is -2.42. The van der Waals surface area contributed by atoms with Gasteiger partial charge in [0.25, 0.3) is 0 Å². The molecule has 1 fully saturated rings. The molecule has 100 valence electrons. The summed E-state index contributed by atoms with van der Waals surface area (Å²) in [5.74, 6) is 0.890. The van der Waals surface area contributed by atoms with Crippen LogP contribution >= 0.6 is 15.9 Å². The fourth-order valence-electron chi connectivity index (χ4n) is 2.48. The van der Waals surface area contributed by atoms with Gasteiger partial charge in [-0.05, 0) is 53.5 Å². The average molecular weight is 313 g/mol. The third kappa shape index (κ3) is 3.18. The van der Waals surface area contributed by atoms with Crippen molar-refractivity contribution in [3.63, 3.8) is 0 Å². The van der Waals surface area contributed by atoms with Crippen molar-refractivity contribution in [2.75, 3.05) is 31.6 Å². The van der Waals surface area contributed by atoms with Crippen LogP contribution in [0.3, 0.4) is 0 Å². The molecule has 0 aromatic heterocycles. The summed E-state index contributed by atoms with van der Waals surface area (Å²) < 4.78 is 6.29. The van der Waals surface area contributed by atoms with E-state index in [4.69, 9.17) is 4.74 Å². The molecule has 18 heavy (non-hydrogen) atoms. The zero-order chi connectivity index (χ0) is 13.0. The summed E-state index contributed by atoms with van der Waals surface area (Å²) in [5, 5.41) is 3.53. The van der Waals surface area contributed by atoms with Crippen LogP contribution in [0.15, 0.2) is 22.7 Å². The Balaban J connectivity index is 1.99. The monoisotopic (exact) mass is 312 g/mol. The van der Waals surface area contributed by atoms with Crippen LogP contribution in [0.2, 0.25) is 0 Å². The number of hydrogen-bond donors (Lipinski definition) is 1. The van der Waals surface area contributed by atoms with Gasteiger partial charge in [-0.15, -0.1) is 0 Å². The number of piperidine rings is 1. The number of nitrogens with one attached hydrogen (secondary N) is 1. The highest BCUT2D eigenvalue weighted by Gasteiger charge is 2.18. The summed E-state index contributed by atoms with van der Waals surface area (Å²) in [6.45, 7) is 5.48. The predicted octanol–water partition coefficient (Wildman–Crippen LogP) is 3.04. The highest BCUT2D eigenvalue weighted by Crippen LogP contribution is 2.30. The fraction of sp³-hybridized carbons (Fsp3) is 0.571. The molecule has 0 radical (unpaired) electrons. The van der Waals surface area contributed by atoms with Gasteiger partial charge < -0.3 is 15.0 Å². The number of rotatable bonds is 4. The molecular formula is C14H21BrN2O. The number of methoxy groups -OCH3 is 1. The number of ether oxygens (including phenoxy) is 1. The second-order valence-corrected chi connectivity index (χ2v) is 5.49. The SMILES string of the molecule is CCNC1CCN(c2ccc(OC)c(Br)c2)CC1. The van der Waals surface area contributed by atoms with Crippen molar-refractivity contribution in [1.29, 1.82) is 0 Å². The van der Waals surface area contributed by atoms with E-state index in [1.165, 1.54) is 18.5 Å². The quantitative estimate of drug-likeness (QED) is 0.925. The van der Waals surface area contributed by atoms with Crippen molar-refractivity contribution in [3.8, 4) is 5.75 Å². The van der Waals surface area contributed by atoms with E-state index in [0.717, 1.165) is 29.9 Å². The minimum atomic E-state index is 0.688. The molecule has 0 aliphatic carbocycles. The molecule has 0 atom stereocenters. The van der Waals surface area contributed by atoms with Crippen molar-refractivity contribution in [3.05, 3.63) is 22.7 Å². The van der Waals surface area contributed by atoms with Crippen LogP contribution in [-0.2, 0) is 0 Å². The topological polar surface area (TPSA) is 24.5 Å². The van der Waals surface area contributed by atoms with Crippen LogP contribution in [0.1, 0.15) is 19.8 Å². The lowest BCUT2D eigenvalue weighted by molar-refractivity contribution is 0.411. The normalized spacial score (nSPS) is 16.9. The molecular weight excluding hydrogens is 292 g/mol.